The lowest BCUT2D eigenvalue weighted by molar-refractivity contribution is 0.408. The number of hydrogen-bond acceptors (Lipinski definition) is 2. The molecule has 1 atom stereocenters. The lowest BCUT2D eigenvalue weighted by atomic mass is 10.2. The zero-order valence-electron chi connectivity index (χ0n) is 10.6. The van der Waals surface area contributed by atoms with Crippen molar-refractivity contribution in [3.8, 4) is 5.75 Å². The Labute approximate surface area is 112 Å². The third kappa shape index (κ3) is 2.68. The molecule has 0 aliphatic carbocycles. The Bertz CT molecular complexity index is 534. The zero-order valence-corrected chi connectivity index (χ0v) is 11.3. The number of nitrogens with two attached hydrogens (primary N) is 1. The monoisotopic (exact) mass is 264 g/mol. The number of benzene rings is 1. The van der Waals surface area contributed by atoms with Gasteiger partial charge in [0.1, 0.15) is 5.75 Å². The van der Waals surface area contributed by atoms with Crippen molar-refractivity contribution in [2.45, 2.75) is 19.5 Å². The first-order valence-electron chi connectivity index (χ1n) is 5.85. The molecule has 0 aliphatic heterocycles. The van der Waals surface area contributed by atoms with E-state index in [1.165, 1.54) is 0 Å². The summed E-state index contributed by atoms with van der Waals surface area (Å²) in [7, 11) is 1.66. The highest BCUT2D eigenvalue weighted by Gasteiger charge is 2.09. The minimum absolute atomic E-state index is 0.00480. The van der Waals surface area contributed by atoms with Crippen LogP contribution in [0, 0.1) is 0 Å². The number of hydrogen-bond donors (Lipinski definition) is 1. The summed E-state index contributed by atoms with van der Waals surface area (Å²) in [5.41, 5.74) is 8.07. The Morgan fingerprint density at radius 3 is 2.83 bits per heavy atom. The summed E-state index contributed by atoms with van der Waals surface area (Å²) in [6.07, 6.45) is 2.01. The predicted octanol–water partition coefficient (Wildman–Crippen LogP) is 3.22. The van der Waals surface area contributed by atoms with Crippen LogP contribution in [0.3, 0.4) is 0 Å². The van der Waals surface area contributed by atoms with Gasteiger partial charge < -0.3 is 15.0 Å². The normalized spacial score (nSPS) is 12.4. The standard InChI is InChI=1S/C14H17ClN2O/c1-10(16)13-4-3-7-17(13)9-11-8-12(15)5-6-14(11)18-2/h3-8,10H,9,16H2,1-2H3. The first-order valence-corrected chi connectivity index (χ1v) is 6.22. The Morgan fingerprint density at radius 1 is 1.39 bits per heavy atom. The van der Waals surface area contributed by atoms with Crippen LogP contribution >= 0.6 is 11.6 Å². The van der Waals surface area contributed by atoms with Crippen LogP contribution in [-0.2, 0) is 6.54 Å². The van der Waals surface area contributed by atoms with Crippen molar-refractivity contribution in [2.75, 3.05) is 7.11 Å². The summed E-state index contributed by atoms with van der Waals surface area (Å²) in [6.45, 7) is 2.68. The highest BCUT2D eigenvalue weighted by atomic mass is 35.5. The summed E-state index contributed by atoms with van der Waals surface area (Å²) < 4.78 is 7.46. The summed E-state index contributed by atoms with van der Waals surface area (Å²) in [5, 5.41) is 0.709. The van der Waals surface area contributed by atoms with Crippen molar-refractivity contribution in [2.24, 2.45) is 5.73 Å². The van der Waals surface area contributed by atoms with Gasteiger partial charge in [-0.3, -0.25) is 0 Å². The van der Waals surface area contributed by atoms with E-state index in [1.54, 1.807) is 7.11 Å². The van der Waals surface area contributed by atoms with Crippen molar-refractivity contribution in [1.82, 2.24) is 4.57 Å². The van der Waals surface area contributed by atoms with Gasteiger partial charge in [-0.2, -0.15) is 0 Å². The molecule has 3 nitrogen and oxygen atoms in total. The van der Waals surface area contributed by atoms with Gasteiger partial charge in [-0.25, -0.2) is 0 Å². The van der Waals surface area contributed by atoms with E-state index in [1.807, 2.05) is 43.5 Å². The van der Waals surface area contributed by atoms with Crippen LogP contribution in [0.15, 0.2) is 36.5 Å². The molecule has 4 heteroatoms. The number of methoxy groups -OCH3 is 1. The molecule has 0 aliphatic rings. The molecule has 1 unspecified atom stereocenters. The van der Waals surface area contributed by atoms with Crippen molar-refractivity contribution in [3.05, 3.63) is 52.8 Å². The highest BCUT2D eigenvalue weighted by Crippen LogP contribution is 2.24. The third-order valence-electron chi connectivity index (χ3n) is 2.91. The molecular formula is C14H17ClN2O. The van der Waals surface area contributed by atoms with Crippen LogP contribution in [0.5, 0.6) is 5.75 Å². The molecular weight excluding hydrogens is 248 g/mol. The van der Waals surface area contributed by atoms with Crippen molar-refractivity contribution >= 4 is 11.6 Å². The summed E-state index contributed by atoms with van der Waals surface area (Å²) in [6, 6.07) is 9.66. The second-order valence-electron chi connectivity index (χ2n) is 4.31. The second-order valence-corrected chi connectivity index (χ2v) is 4.74. The molecule has 0 bridgehead atoms. The first kappa shape index (κ1) is 13.0. The van der Waals surface area contributed by atoms with Crippen molar-refractivity contribution < 1.29 is 4.74 Å². The Balaban J connectivity index is 2.33. The van der Waals surface area contributed by atoms with Gasteiger partial charge in [0.25, 0.3) is 0 Å². The quantitative estimate of drug-likeness (QED) is 0.921. The number of aromatic nitrogens is 1. The number of rotatable bonds is 4. The van der Waals surface area contributed by atoms with Crippen LogP contribution in [-0.4, -0.2) is 11.7 Å². The van der Waals surface area contributed by atoms with Crippen LogP contribution in [0.4, 0.5) is 0 Å². The fraction of sp³-hybridized carbons (Fsp3) is 0.286. The molecule has 2 rings (SSSR count). The molecule has 0 radical (unpaired) electrons. The summed E-state index contributed by atoms with van der Waals surface area (Å²) >= 11 is 6.03. The minimum atomic E-state index is 0.00480. The van der Waals surface area contributed by atoms with E-state index < -0.39 is 0 Å². The topological polar surface area (TPSA) is 40.2 Å². The predicted molar refractivity (Wildman–Crippen MR) is 74.1 cm³/mol. The average molecular weight is 265 g/mol. The fourth-order valence-electron chi connectivity index (χ4n) is 2.04. The Morgan fingerprint density at radius 2 is 2.17 bits per heavy atom. The van der Waals surface area contributed by atoms with Gasteiger partial charge >= 0.3 is 0 Å². The van der Waals surface area contributed by atoms with Gasteiger partial charge in [0.2, 0.25) is 0 Å². The van der Waals surface area contributed by atoms with E-state index in [9.17, 15) is 0 Å². The SMILES string of the molecule is COc1ccc(Cl)cc1Cn1cccc1C(C)N. The smallest absolute Gasteiger partial charge is 0.123 e. The molecule has 2 aromatic rings. The van der Waals surface area contributed by atoms with Gasteiger partial charge in [-0.1, -0.05) is 11.6 Å². The molecule has 1 aromatic heterocycles. The summed E-state index contributed by atoms with van der Waals surface area (Å²) in [4.78, 5) is 0. The Hall–Kier alpha value is -1.45. The van der Waals surface area contributed by atoms with E-state index in [4.69, 9.17) is 22.1 Å². The van der Waals surface area contributed by atoms with Crippen molar-refractivity contribution in [1.29, 1.82) is 0 Å². The van der Waals surface area contributed by atoms with E-state index >= 15 is 0 Å². The number of halogens is 1. The molecule has 0 saturated heterocycles. The molecule has 1 aromatic carbocycles. The zero-order chi connectivity index (χ0) is 13.1. The first-order chi connectivity index (χ1) is 8.61. The van der Waals surface area contributed by atoms with Gasteiger partial charge in [-0.05, 0) is 37.3 Å². The van der Waals surface area contributed by atoms with Crippen LogP contribution in [0.25, 0.3) is 0 Å². The molecule has 18 heavy (non-hydrogen) atoms. The lowest BCUT2D eigenvalue weighted by Gasteiger charge is -2.14. The van der Waals surface area contributed by atoms with Crippen LogP contribution in [0.2, 0.25) is 5.02 Å². The van der Waals surface area contributed by atoms with Crippen LogP contribution in [0.1, 0.15) is 24.2 Å². The molecule has 2 N–H and O–H groups in total. The van der Waals surface area contributed by atoms with E-state index in [0.29, 0.717) is 11.6 Å². The molecule has 1 heterocycles. The van der Waals surface area contributed by atoms with Gasteiger partial charge in [0.15, 0.2) is 0 Å². The van der Waals surface area contributed by atoms with E-state index in [2.05, 4.69) is 4.57 Å². The molecule has 96 valence electrons. The van der Waals surface area contributed by atoms with Gasteiger partial charge in [0, 0.05) is 28.5 Å². The fourth-order valence-corrected chi connectivity index (χ4v) is 2.23. The molecule has 0 spiro atoms. The van der Waals surface area contributed by atoms with E-state index in [-0.39, 0.29) is 6.04 Å². The van der Waals surface area contributed by atoms with Crippen LogP contribution < -0.4 is 10.5 Å². The van der Waals surface area contributed by atoms with Crippen molar-refractivity contribution in [3.63, 3.8) is 0 Å². The largest absolute Gasteiger partial charge is 0.496 e. The Kier molecular flexibility index (Phi) is 3.94. The molecule has 0 saturated carbocycles. The molecule has 0 fully saturated rings. The second kappa shape index (κ2) is 5.46. The van der Waals surface area contributed by atoms with Gasteiger partial charge in [0.05, 0.1) is 13.7 Å². The lowest BCUT2D eigenvalue weighted by Crippen LogP contribution is -2.12. The number of nitrogens with zero attached hydrogens (tertiary/aromatic N) is 1. The summed E-state index contributed by atoms with van der Waals surface area (Å²) in [5.74, 6) is 0.837. The maximum absolute atomic E-state index is 6.03. The maximum atomic E-state index is 6.03. The molecule has 0 amide bonds. The van der Waals surface area contributed by atoms with Gasteiger partial charge in [-0.15, -0.1) is 0 Å². The van der Waals surface area contributed by atoms with E-state index in [0.717, 1.165) is 17.0 Å². The maximum Gasteiger partial charge on any atom is 0.123 e. The number of ether oxygens (including phenoxy) is 1. The minimum Gasteiger partial charge on any atom is -0.496 e. The third-order valence-corrected chi connectivity index (χ3v) is 3.15. The average Bonchev–Trinajstić information content (AvgIpc) is 2.77. The highest BCUT2D eigenvalue weighted by molar-refractivity contribution is 6.30.